The van der Waals surface area contributed by atoms with Crippen LogP contribution in [0.25, 0.3) is 0 Å². The summed E-state index contributed by atoms with van der Waals surface area (Å²) in [5, 5.41) is 2.27. The van der Waals surface area contributed by atoms with Gasteiger partial charge in [0.05, 0.1) is 22.9 Å². The van der Waals surface area contributed by atoms with Gasteiger partial charge in [-0.05, 0) is 47.7 Å². The van der Waals surface area contributed by atoms with E-state index in [1.54, 1.807) is 16.7 Å². The first kappa shape index (κ1) is 20.2. The van der Waals surface area contributed by atoms with E-state index in [1.807, 2.05) is 90.8 Å². The zero-order valence-corrected chi connectivity index (χ0v) is 19.0. The molecule has 5 rings (SSSR count). The van der Waals surface area contributed by atoms with Crippen LogP contribution in [0.1, 0.15) is 5.56 Å². The topological polar surface area (TPSA) is 35.9 Å². The van der Waals surface area contributed by atoms with Crippen LogP contribution < -0.4 is 4.90 Å². The smallest absolute Gasteiger partial charge is 0.269 e. The molecule has 4 nitrogen and oxygen atoms in total. The maximum Gasteiger partial charge on any atom is 0.269 e. The fourth-order valence-electron chi connectivity index (χ4n) is 3.46. The molecule has 31 heavy (non-hydrogen) atoms. The zero-order chi connectivity index (χ0) is 21.4. The highest BCUT2D eigenvalue weighted by molar-refractivity contribution is 8.19. The summed E-state index contributed by atoms with van der Waals surface area (Å²) in [5.74, 6) is -0.0308. The van der Waals surface area contributed by atoms with E-state index in [2.05, 4.69) is 0 Å². The van der Waals surface area contributed by atoms with Gasteiger partial charge in [-0.15, -0.1) is 0 Å². The molecule has 2 heterocycles. The number of anilines is 1. The average Bonchev–Trinajstić information content (AvgIpc) is 3.26. The van der Waals surface area contributed by atoms with Crippen LogP contribution in [0, 0.1) is 0 Å². The number of nitrogens with zero attached hydrogens (tertiary/aromatic N) is 3. The van der Waals surface area contributed by atoms with E-state index in [0.717, 1.165) is 26.9 Å². The highest BCUT2D eigenvalue weighted by Crippen LogP contribution is 2.50. The van der Waals surface area contributed by atoms with Gasteiger partial charge in [-0.1, -0.05) is 71.9 Å². The van der Waals surface area contributed by atoms with Crippen LogP contribution >= 0.6 is 35.1 Å². The third-order valence-electron chi connectivity index (χ3n) is 5.02. The Balaban J connectivity index is 1.55. The van der Waals surface area contributed by atoms with Crippen LogP contribution in [-0.4, -0.2) is 23.0 Å². The van der Waals surface area contributed by atoms with E-state index >= 15 is 0 Å². The summed E-state index contributed by atoms with van der Waals surface area (Å²) >= 11 is 9.22. The molecular weight excluding hydrogens is 446 g/mol. The summed E-state index contributed by atoms with van der Waals surface area (Å²) < 4.78 is 0. The molecule has 0 unspecified atom stereocenters. The molecule has 1 amide bonds. The van der Waals surface area contributed by atoms with Crippen molar-refractivity contribution in [3.8, 4) is 0 Å². The molecule has 0 saturated carbocycles. The van der Waals surface area contributed by atoms with Gasteiger partial charge >= 0.3 is 0 Å². The third-order valence-corrected chi connectivity index (χ3v) is 7.68. The number of carbonyl (C=O) groups excluding carboxylic acids is 1. The summed E-state index contributed by atoms with van der Waals surface area (Å²) in [4.78, 5) is 23.9. The van der Waals surface area contributed by atoms with Gasteiger partial charge in [0.1, 0.15) is 4.91 Å². The van der Waals surface area contributed by atoms with Gasteiger partial charge in [0.2, 0.25) is 0 Å². The van der Waals surface area contributed by atoms with Gasteiger partial charge in [-0.25, -0.2) is 4.99 Å². The molecule has 0 bridgehead atoms. The zero-order valence-electron chi connectivity index (χ0n) is 16.7. The monoisotopic (exact) mass is 463 g/mol. The first-order valence-electron chi connectivity index (χ1n) is 9.73. The summed E-state index contributed by atoms with van der Waals surface area (Å²) in [6, 6.07) is 25.5. The van der Waals surface area contributed by atoms with Crippen LogP contribution in [-0.2, 0) is 11.3 Å². The van der Waals surface area contributed by atoms with Crippen molar-refractivity contribution in [1.29, 1.82) is 0 Å². The van der Waals surface area contributed by atoms with Crippen molar-refractivity contribution in [3.63, 3.8) is 0 Å². The lowest BCUT2D eigenvalue weighted by molar-refractivity contribution is -0.122. The van der Waals surface area contributed by atoms with Crippen LogP contribution in [0.3, 0.4) is 0 Å². The molecule has 154 valence electrons. The number of halogens is 1. The molecule has 0 radical (unpaired) electrons. The standard InChI is InChI=1S/C24H18ClN3OS2/c1-27-19-14-17(25)12-13-20(19)30-23(27)21-22(29)28(15-16-8-4-2-5-9-16)24(31-21)26-18-10-6-3-7-11-18/h2-14H,15H2,1H3/b23-21+,26-24?. The van der Waals surface area contributed by atoms with Crippen LogP contribution in [0.15, 0.2) is 98.7 Å². The highest BCUT2D eigenvalue weighted by atomic mass is 35.5. The normalized spacial score (nSPS) is 19.4. The number of hydrogen-bond donors (Lipinski definition) is 0. The minimum Gasteiger partial charge on any atom is -0.337 e. The Bertz CT molecular complexity index is 1210. The van der Waals surface area contributed by atoms with E-state index in [-0.39, 0.29) is 5.91 Å². The second-order valence-electron chi connectivity index (χ2n) is 7.12. The van der Waals surface area contributed by atoms with Crippen molar-refractivity contribution in [2.45, 2.75) is 11.4 Å². The second kappa shape index (κ2) is 8.46. The Morgan fingerprint density at radius 3 is 2.39 bits per heavy atom. The quantitative estimate of drug-likeness (QED) is 0.414. The van der Waals surface area contributed by atoms with E-state index in [4.69, 9.17) is 16.6 Å². The van der Waals surface area contributed by atoms with Crippen molar-refractivity contribution in [2.75, 3.05) is 11.9 Å². The number of amidine groups is 1. The Labute approximate surface area is 194 Å². The molecule has 2 aliphatic rings. The maximum absolute atomic E-state index is 13.6. The van der Waals surface area contributed by atoms with E-state index in [1.165, 1.54) is 11.8 Å². The van der Waals surface area contributed by atoms with Gasteiger partial charge in [0, 0.05) is 17.0 Å². The molecule has 0 N–H and O–H groups in total. The van der Waals surface area contributed by atoms with Crippen LogP contribution in [0.4, 0.5) is 11.4 Å². The predicted molar refractivity (Wildman–Crippen MR) is 131 cm³/mol. The number of para-hydroxylation sites is 1. The first-order chi connectivity index (χ1) is 15.1. The highest BCUT2D eigenvalue weighted by Gasteiger charge is 2.39. The largest absolute Gasteiger partial charge is 0.337 e. The Morgan fingerprint density at radius 1 is 0.935 bits per heavy atom. The average molecular weight is 464 g/mol. The molecule has 0 spiro atoms. The molecular formula is C24H18ClN3OS2. The lowest BCUT2D eigenvalue weighted by Crippen LogP contribution is -2.29. The summed E-state index contributed by atoms with van der Waals surface area (Å²) in [6.07, 6.45) is 0. The number of thioether (sulfide) groups is 2. The molecule has 1 fully saturated rings. The number of rotatable bonds is 3. The van der Waals surface area contributed by atoms with Gasteiger partial charge in [-0.2, -0.15) is 0 Å². The van der Waals surface area contributed by atoms with Gasteiger partial charge in [-0.3, -0.25) is 9.69 Å². The number of carbonyl (C=O) groups is 1. The lowest BCUT2D eigenvalue weighted by atomic mass is 10.2. The summed E-state index contributed by atoms with van der Waals surface area (Å²) in [6.45, 7) is 0.474. The first-order valence-corrected chi connectivity index (χ1v) is 11.7. The Hall–Kier alpha value is -2.67. The number of hydrogen-bond acceptors (Lipinski definition) is 5. The second-order valence-corrected chi connectivity index (χ2v) is 9.56. The van der Waals surface area contributed by atoms with E-state index in [9.17, 15) is 4.79 Å². The number of benzene rings is 3. The molecule has 0 aliphatic carbocycles. The fourth-order valence-corrected chi connectivity index (χ4v) is 5.95. The lowest BCUT2D eigenvalue weighted by Gasteiger charge is -2.17. The summed E-state index contributed by atoms with van der Waals surface area (Å²) in [5.41, 5.74) is 2.90. The SMILES string of the molecule is CN1/C(=C2\SC(=Nc3ccccc3)N(Cc3ccccc3)C2=O)Sc2ccc(Cl)cc21. The minimum absolute atomic E-state index is 0.0308. The molecule has 1 saturated heterocycles. The van der Waals surface area contributed by atoms with Crippen molar-refractivity contribution < 1.29 is 4.79 Å². The number of amides is 1. The molecule has 3 aromatic carbocycles. The van der Waals surface area contributed by atoms with Gasteiger partial charge < -0.3 is 4.90 Å². The van der Waals surface area contributed by atoms with E-state index in [0.29, 0.717) is 21.6 Å². The molecule has 7 heteroatoms. The van der Waals surface area contributed by atoms with Crippen molar-refractivity contribution in [1.82, 2.24) is 4.90 Å². The van der Waals surface area contributed by atoms with Gasteiger partial charge in [0.15, 0.2) is 5.17 Å². The Morgan fingerprint density at radius 2 is 1.65 bits per heavy atom. The predicted octanol–water partition coefficient (Wildman–Crippen LogP) is 6.51. The third kappa shape index (κ3) is 3.99. The van der Waals surface area contributed by atoms with Crippen molar-refractivity contribution in [2.24, 2.45) is 4.99 Å². The van der Waals surface area contributed by atoms with Crippen molar-refractivity contribution in [3.05, 3.63) is 99.4 Å². The summed E-state index contributed by atoms with van der Waals surface area (Å²) in [7, 11) is 1.97. The maximum atomic E-state index is 13.6. The molecule has 3 aromatic rings. The minimum atomic E-state index is -0.0308. The van der Waals surface area contributed by atoms with E-state index < -0.39 is 0 Å². The number of fused-ring (bicyclic) bond motifs is 1. The van der Waals surface area contributed by atoms with Crippen LogP contribution in [0.5, 0.6) is 0 Å². The van der Waals surface area contributed by atoms with Crippen LogP contribution in [0.2, 0.25) is 5.02 Å². The number of aliphatic imine (C=N–C) groups is 1. The molecule has 0 aromatic heterocycles. The molecule has 2 aliphatic heterocycles. The van der Waals surface area contributed by atoms with Gasteiger partial charge in [0.25, 0.3) is 5.91 Å². The fraction of sp³-hybridized carbons (Fsp3) is 0.0833. The Kier molecular flexibility index (Phi) is 5.52. The molecule has 0 atom stereocenters. The van der Waals surface area contributed by atoms with Crippen molar-refractivity contribution >= 4 is 57.6 Å².